The summed E-state index contributed by atoms with van der Waals surface area (Å²) in [5.41, 5.74) is -0.560. The number of methoxy groups -OCH3 is 1. The smallest absolute Gasteiger partial charge is 0.272 e. The van der Waals surface area contributed by atoms with Gasteiger partial charge in [-0.15, -0.1) is 0 Å². The predicted molar refractivity (Wildman–Crippen MR) is 102 cm³/mol. The van der Waals surface area contributed by atoms with E-state index in [2.05, 4.69) is 15.7 Å². The molecule has 2 N–H and O–H groups in total. The first kappa shape index (κ1) is 20.3. The van der Waals surface area contributed by atoms with Crippen LogP contribution in [0.25, 0.3) is 0 Å². The molecule has 1 aromatic heterocycles. The lowest BCUT2D eigenvalue weighted by atomic mass is 9.95. The molecule has 2 aliphatic rings. The molecule has 3 amide bonds. The van der Waals surface area contributed by atoms with Gasteiger partial charge in [-0.1, -0.05) is 12.8 Å². The summed E-state index contributed by atoms with van der Waals surface area (Å²) in [6, 6.07) is 1.65. The number of likely N-dealkylation sites (N-methyl/N-ethyl adjacent to an activating group) is 1. The molecular weight excluding hydrogens is 362 g/mol. The molecule has 1 aliphatic carbocycles. The minimum Gasteiger partial charge on any atom is -0.385 e. The van der Waals surface area contributed by atoms with Gasteiger partial charge in [0.2, 0.25) is 5.91 Å². The molecule has 2 heterocycles. The van der Waals surface area contributed by atoms with Gasteiger partial charge < -0.3 is 20.3 Å². The van der Waals surface area contributed by atoms with Crippen molar-refractivity contribution in [3.8, 4) is 0 Å². The molecule has 1 fully saturated rings. The Bertz CT molecular complexity index is 756. The third-order valence-corrected chi connectivity index (χ3v) is 5.72. The predicted octanol–water partition coefficient (Wildman–Crippen LogP) is 0.553. The topological polar surface area (TPSA) is 106 Å². The number of carbonyl (C=O) groups excluding carboxylic acids is 3. The largest absolute Gasteiger partial charge is 0.385 e. The van der Waals surface area contributed by atoms with Crippen LogP contribution in [0.2, 0.25) is 0 Å². The Morgan fingerprint density at radius 3 is 2.75 bits per heavy atom. The molecule has 9 nitrogen and oxygen atoms in total. The first-order valence-corrected chi connectivity index (χ1v) is 9.81. The molecule has 154 valence electrons. The van der Waals surface area contributed by atoms with Crippen LogP contribution in [0.4, 0.5) is 0 Å². The molecule has 0 saturated heterocycles. The highest BCUT2D eigenvalue weighted by atomic mass is 16.5. The van der Waals surface area contributed by atoms with E-state index in [0.29, 0.717) is 25.3 Å². The molecule has 1 atom stereocenters. The standard InChI is InChI=1S/C19H29N5O4/c1-19(18(27)21-13-7-4-5-8-13)12-24-15(17(26)23(19)2)11-14(22-24)16(25)20-9-6-10-28-3/h11,13H,4-10,12H2,1-3H3,(H,20,25)(H,21,27). The van der Waals surface area contributed by atoms with Crippen LogP contribution in [0, 0.1) is 0 Å². The number of aromatic nitrogens is 2. The SMILES string of the molecule is COCCCNC(=O)c1cc2n(n1)CC(C)(C(=O)NC1CCCC1)N(C)C2=O. The number of nitrogens with zero attached hydrogens (tertiary/aromatic N) is 3. The molecule has 1 unspecified atom stereocenters. The number of hydrogen-bond acceptors (Lipinski definition) is 5. The highest BCUT2D eigenvalue weighted by Gasteiger charge is 2.46. The minimum absolute atomic E-state index is 0.167. The van der Waals surface area contributed by atoms with E-state index in [4.69, 9.17) is 4.74 Å². The van der Waals surface area contributed by atoms with Crippen LogP contribution in [0.15, 0.2) is 6.07 Å². The fraction of sp³-hybridized carbons (Fsp3) is 0.684. The highest BCUT2D eigenvalue weighted by Crippen LogP contribution is 2.27. The van der Waals surface area contributed by atoms with Gasteiger partial charge in [0, 0.05) is 39.4 Å². The van der Waals surface area contributed by atoms with E-state index in [1.165, 1.54) is 15.6 Å². The lowest BCUT2D eigenvalue weighted by Gasteiger charge is -2.41. The van der Waals surface area contributed by atoms with Crippen molar-refractivity contribution in [3.63, 3.8) is 0 Å². The zero-order valence-electron chi connectivity index (χ0n) is 16.8. The van der Waals surface area contributed by atoms with Crippen LogP contribution in [0.3, 0.4) is 0 Å². The summed E-state index contributed by atoms with van der Waals surface area (Å²) in [5, 5.41) is 10.1. The summed E-state index contributed by atoms with van der Waals surface area (Å²) in [4.78, 5) is 39.6. The van der Waals surface area contributed by atoms with Crippen molar-refractivity contribution in [1.29, 1.82) is 0 Å². The summed E-state index contributed by atoms with van der Waals surface area (Å²) in [5.74, 6) is -0.839. The summed E-state index contributed by atoms with van der Waals surface area (Å²) >= 11 is 0. The van der Waals surface area contributed by atoms with Gasteiger partial charge in [-0.25, -0.2) is 0 Å². The minimum atomic E-state index is -1.05. The Hall–Kier alpha value is -2.42. The Labute approximate surface area is 164 Å². The average Bonchev–Trinajstić information content (AvgIpc) is 3.33. The maximum Gasteiger partial charge on any atom is 0.272 e. The number of rotatable bonds is 7. The van der Waals surface area contributed by atoms with Gasteiger partial charge >= 0.3 is 0 Å². The molecule has 1 saturated carbocycles. The zero-order valence-corrected chi connectivity index (χ0v) is 16.8. The van der Waals surface area contributed by atoms with E-state index in [1.54, 1.807) is 21.1 Å². The highest BCUT2D eigenvalue weighted by molar-refractivity contribution is 6.01. The van der Waals surface area contributed by atoms with Crippen LogP contribution >= 0.6 is 0 Å². The molecule has 0 bridgehead atoms. The zero-order chi connectivity index (χ0) is 20.3. The Morgan fingerprint density at radius 1 is 1.36 bits per heavy atom. The third kappa shape index (κ3) is 3.89. The van der Waals surface area contributed by atoms with Gasteiger partial charge in [-0.2, -0.15) is 5.10 Å². The normalized spacial score (nSPS) is 22.2. The van der Waals surface area contributed by atoms with E-state index in [1.807, 2.05) is 0 Å². The molecule has 28 heavy (non-hydrogen) atoms. The molecule has 3 rings (SSSR count). The fourth-order valence-corrected chi connectivity index (χ4v) is 3.76. The molecule has 0 aromatic carbocycles. The second-order valence-electron chi connectivity index (χ2n) is 7.77. The van der Waals surface area contributed by atoms with E-state index < -0.39 is 5.54 Å². The van der Waals surface area contributed by atoms with Crippen molar-refractivity contribution < 1.29 is 19.1 Å². The van der Waals surface area contributed by atoms with Crippen molar-refractivity contribution in [2.24, 2.45) is 0 Å². The number of amides is 3. The number of ether oxygens (including phenoxy) is 1. The van der Waals surface area contributed by atoms with Crippen LogP contribution in [-0.4, -0.2) is 71.3 Å². The van der Waals surface area contributed by atoms with E-state index in [0.717, 1.165) is 25.7 Å². The summed E-state index contributed by atoms with van der Waals surface area (Å²) in [6.45, 7) is 2.96. The second-order valence-corrected chi connectivity index (χ2v) is 7.77. The Morgan fingerprint density at radius 2 is 2.07 bits per heavy atom. The Balaban J connectivity index is 1.73. The molecule has 0 radical (unpaired) electrons. The van der Waals surface area contributed by atoms with Gasteiger partial charge in [0.15, 0.2) is 5.69 Å². The van der Waals surface area contributed by atoms with Crippen molar-refractivity contribution in [3.05, 3.63) is 17.5 Å². The number of hydrogen-bond donors (Lipinski definition) is 2. The van der Waals surface area contributed by atoms with Crippen LogP contribution < -0.4 is 10.6 Å². The van der Waals surface area contributed by atoms with E-state index >= 15 is 0 Å². The molecule has 1 aromatic rings. The van der Waals surface area contributed by atoms with Crippen molar-refractivity contribution in [2.45, 2.75) is 57.2 Å². The molecule has 1 aliphatic heterocycles. The van der Waals surface area contributed by atoms with Gasteiger partial charge in [-0.3, -0.25) is 19.1 Å². The van der Waals surface area contributed by atoms with Gasteiger partial charge in [-0.05, 0) is 26.2 Å². The van der Waals surface area contributed by atoms with E-state index in [-0.39, 0.29) is 36.0 Å². The van der Waals surface area contributed by atoms with Gasteiger partial charge in [0.05, 0.1) is 6.54 Å². The van der Waals surface area contributed by atoms with Crippen molar-refractivity contribution >= 4 is 17.7 Å². The monoisotopic (exact) mass is 391 g/mol. The average molecular weight is 391 g/mol. The number of carbonyl (C=O) groups is 3. The molecular formula is C19H29N5O4. The van der Waals surface area contributed by atoms with Crippen molar-refractivity contribution in [2.75, 3.05) is 27.3 Å². The lowest BCUT2D eigenvalue weighted by Crippen LogP contribution is -2.63. The van der Waals surface area contributed by atoms with Crippen LogP contribution in [0.5, 0.6) is 0 Å². The second kappa shape index (κ2) is 8.30. The third-order valence-electron chi connectivity index (χ3n) is 5.72. The molecule has 0 spiro atoms. The fourth-order valence-electron chi connectivity index (χ4n) is 3.76. The number of nitrogens with one attached hydrogen (secondary N) is 2. The lowest BCUT2D eigenvalue weighted by molar-refractivity contribution is -0.133. The Kier molecular flexibility index (Phi) is 6.02. The van der Waals surface area contributed by atoms with Gasteiger partial charge in [0.25, 0.3) is 11.8 Å². The summed E-state index contributed by atoms with van der Waals surface area (Å²) in [7, 11) is 3.23. The quantitative estimate of drug-likeness (QED) is 0.661. The first-order chi connectivity index (χ1) is 13.4. The van der Waals surface area contributed by atoms with E-state index in [9.17, 15) is 14.4 Å². The first-order valence-electron chi connectivity index (χ1n) is 9.81. The summed E-state index contributed by atoms with van der Waals surface area (Å²) < 4.78 is 6.43. The molecule has 9 heteroatoms. The van der Waals surface area contributed by atoms with Gasteiger partial charge in [0.1, 0.15) is 11.2 Å². The maximum atomic E-state index is 12.9. The summed E-state index contributed by atoms with van der Waals surface area (Å²) in [6.07, 6.45) is 4.86. The maximum absolute atomic E-state index is 12.9. The van der Waals surface area contributed by atoms with Crippen LogP contribution in [0.1, 0.15) is 60.0 Å². The van der Waals surface area contributed by atoms with Crippen molar-refractivity contribution in [1.82, 2.24) is 25.3 Å². The van der Waals surface area contributed by atoms with Crippen LogP contribution in [-0.2, 0) is 16.1 Å². The number of fused-ring (bicyclic) bond motifs is 1.